The number of aliphatic hydroxyl groups is 1. The quantitative estimate of drug-likeness (QED) is 0.156. The van der Waals surface area contributed by atoms with Crippen molar-refractivity contribution in [2.75, 3.05) is 23.7 Å². The van der Waals surface area contributed by atoms with Crippen molar-refractivity contribution < 1.29 is 34.1 Å². The monoisotopic (exact) mass is 723 g/mol. The van der Waals surface area contributed by atoms with Gasteiger partial charge >= 0.3 is 12.1 Å². The predicted molar refractivity (Wildman–Crippen MR) is 204 cm³/mol. The number of rotatable bonds is 11. The van der Waals surface area contributed by atoms with Crippen LogP contribution in [0.25, 0.3) is 0 Å². The highest BCUT2D eigenvalue weighted by atomic mass is 16.6. The molecule has 3 aromatic rings. The van der Waals surface area contributed by atoms with Crippen LogP contribution in [0.2, 0.25) is 0 Å². The molecule has 0 radical (unpaired) electrons. The summed E-state index contributed by atoms with van der Waals surface area (Å²) >= 11 is 0. The Morgan fingerprint density at radius 2 is 1.66 bits per heavy atom. The lowest BCUT2D eigenvalue weighted by Crippen LogP contribution is -2.67. The van der Waals surface area contributed by atoms with E-state index in [0.717, 1.165) is 51.0 Å². The maximum atomic E-state index is 13.3. The number of nitrogens with one attached hydrogen (secondary N) is 2. The van der Waals surface area contributed by atoms with Gasteiger partial charge in [0.25, 0.3) is 5.91 Å². The minimum Gasteiger partial charge on any atom is -0.485 e. The Labute approximate surface area is 312 Å². The van der Waals surface area contributed by atoms with E-state index in [9.17, 15) is 19.5 Å². The van der Waals surface area contributed by atoms with Gasteiger partial charge in [-0.2, -0.15) is 0 Å². The third-order valence-corrected chi connectivity index (χ3v) is 12.5. The summed E-state index contributed by atoms with van der Waals surface area (Å²) < 4.78 is 13.0. The summed E-state index contributed by atoms with van der Waals surface area (Å²) in [6, 6.07) is 16.8. The van der Waals surface area contributed by atoms with E-state index >= 15 is 0 Å². The molecule has 7 atom stereocenters. The van der Waals surface area contributed by atoms with Crippen LogP contribution in [-0.2, 0) is 11.8 Å². The number of amides is 2. The maximum Gasteiger partial charge on any atom is 0.417 e. The second-order valence-electron chi connectivity index (χ2n) is 15.5. The normalized spacial score (nSPS) is 26.9. The molecule has 2 saturated carbocycles. The molecule has 2 bridgehead atoms. The van der Waals surface area contributed by atoms with E-state index in [1.54, 1.807) is 24.3 Å². The number of hydrogen-bond donors (Lipinski definition) is 4. The highest BCUT2D eigenvalue weighted by Gasteiger charge is 2.67. The van der Waals surface area contributed by atoms with Gasteiger partial charge in [0.15, 0.2) is 11.5 Å². The predicted octanol–water partition coefficient (Wildman–Crippen LogP) is 8.14. The van der Waals surface area contributed by atoms with Gasteiger partial charge in [-0.25, -0.2) is 9.59 Å². The van der Waals surface area contributed by atoms with Crippen LogP contribution in [0.15, 0.2) is 60.7 Å². The van der Waals surface area contributed by atoms with Crippen molar-refractivity contribution in [3.8, 4) is 11.5 Å². The number of ether oxygens (including phenoxy) is 2. The Morgan fingerprint density at radius 1 is 0.981 bits per heavy atom. The van der Waals surface area contributed by atoms with Crippen LogP contribution in [0.1, 0.15) is 104 Å². The number of benzene rings is 3. The molecule has 3 aliphatic carbocycles. The van der Waals surface area contributed by atoms with Crippen LogP contribution in [0, 0.1) is 23.7 Å². The number of nitrogens with zero attached hydrogens (tertiary/aromatic N) is 1. The number of anilines is 2. The number of hydrogen-bond acceptors (Lipinski definition) is 7. The average molecular weight is 724 g/mol. The molecule has 2 heterocycles. The number of carbonyl (C=O) groups excluding carboxylic acids is 2. The molecule has 5 aliphatic rings. The van der Waals surface area contributed by atoms with E-state index in [4.69, 9.17) is 14.6 Å². The summed E-state index contributed by atoms with van der Waals surface area (Å²) in [4.78, 5) is 39.9. The van der Waals surface area contributed by atoms with Crippen LogP contribution >= 0.6 is 0 Å². The zero-order valence-corrected chi connectivity index (χ0v) is 31.3. The summed E-state index contributed by atoms with van der Waals surface area (Å²) in [5.41, 5.74) is 3.81. The second kappa shape index (κ2) is 15.1. The van der Waals surface area contributed by atoms with Crippen LogP contribution in [-0.4, -0.2) is 64.4 Å². The largest absolute Gasteiger partial charge is 0.485 e. The summed E-state index contributed by atoms with van der Waals surface area (Å²) in [7, 11) is 0. The Morgan fingerprint density at radius 3 is 2.32 bits per heavy atom. The fraction of sp³-hybridized carbons (Fsp3) is 0.512. The number of carboxylic acid groups (broad SMARTS) is 1. The summed E-state index contributed by atoms with van der Waals surface area (Å²) in [6.07, 6.45) is 7.41. The van der Waals surface area contributed by atoms with Crippen LogP contribution in [0.5, 0.6) is 11.5 Å². The fourth-order valence-electron chi connectivity index (χ4n) is 9.81. The van der Waals surface area contributed by atoms with E-state index in [2.05, 4.69) is 35.4 Å². The van der Waals surface area contributed by atoms with Crippen molar-refractivity contribution >= 4 is 29.3 Å². The molecule has 0 aromatic heterocycles. The van der Waals surface area contributed by atoms with E-state index in [-0.39, 0.29) is 40.9 Å². The van der Waals surface area contributed by atoms with Crippen molar-refractivity contribution in [1.82, 2.24) is 4.90 Å². The molecule has 3 fully saturated rings. The van der Waals surface area contributed by atoms with E-state index in [1.165, 1.54) is 54.8 Å². The zero-order chi connectivity index (χ0) is 37.4. The maximum absolute atomic E-state index is 13.3. The molecule has 1 unspecified atom stereocenters. The highest BCUT2D eigenvalue weighted by molar-refractivity contribution is 6.04. The second-order valence-corrected chi connectivity index (χ2v) is 15.5. The number of carbonyl (C=O) groups is 3. The summed E-state index contributed by atoms with van der Waals surface area (Å²) in [5, 5.41) is 26.1. The van der Waals surface area contributed by atoms with Crippen LogP contribution in [0.3, 0.4) is 0 Å². The Kier molecular flexibility index (Phi) is 10.6. The first-order valence-corrected chi connectivity index (χ1v) is 19.6. The van der Waals surface area contributed by atoms with Gasteiger partial charge in [-0.1, -0.05) is 46.6 Å². The molecule has 1 saturated heterocycles. The van der Waals surface area contributed by atoms with Gasteiger partial charge in [-0.3, -0.25) is 15.0 Å². The molecule has 8 rings (SSSR count). The third kappa shape index (κ3) is 6.92. The van der Waals surface area contributed by atoms with E-state index in [1.807, 2.05) is 19.9 Å². The molecule has 10 nitrogen and oxygen atoms in total. The molecule has 282 valence electrons. The molecule has 2 amide bonds. The number of carboxylic acids is 1. The lowest BCUT2D eigenvalue weighted by Gasteiger charge is -2.61. The zero-order valence-electron chi connectivity index (χ0n) is 31.3. The Hall–Kier alpha value is -4.41. The van der Waals surface area contributed by atoms with E-state index in [0.29, 0.717) is 40.4 Å². The fourth-order valence-corrected chi connectivity index (χ4v) is 9.81. The van der Waals surface area contributed by atoms with Crippen LogP contribution < -0.4 is 20.1 Å². The minimum absolute atomic E-state index is 0.0845. The molecular formula is C43H53N3O7. The lowest BCUT2D eigenvalue weighted by molar-refractivity contribution is -0.117. The number of likely N-dealkylation sites (tertiary alicyclic amines) is 1. The van der Waals surface area contributed by atoms with E-state index < -0.39 is 12.1 Å². The van der Waals surface area contributed by atoms with Gasteiger partial charge in [0.1, 0.15) is 6.10 Å². The minimum atomic E-state index is -1.04. The number of aliphatic hydroxyl groups excluding tert-OH is 1. The summed E-state index contributed by atoms with van der Waals surface area (Å²) in [6.45, 7) is 10.6. The topological polar surface area (TPSA) is 137 Å². The average Bonchev–Trinajstić information content (AvgIpc) is 3.91. The summed E-state index contributed by atoms with van der Waals surface area (Å²) in [5.74, 6) is 1.20. The van der Waals surface area contributed by atoms with Gasteiger partial charge in [0.2, 0.25) is 0 Å². The number of aromatic carboxylic acids is 1. The molecular weight excluding hydrogens is 670 g/mol. The van der Waals surface area contributed by atoms with Gasteiger partial charge in [-0.15, -0.1) is 0 Å². The number of piperidine rings is 1. The molecule has 1 spiro atoms. The van der Waals surface area contributed by atoms with Gasteiger partial charge in [-0.05, 0) is 129 Å². The molecule has 4 N–H and O–H groups in total. The molecule has 3 aromatic carbocycles. The third-order valence-electron chi connectivity index (χ3n) is 12.5. The molecule has 2 aliphatic heterocycles. The number of unbranched alkanes of at least 4 members (excludes halogenated alkanes) is 1. The first kappa shape index (κ1) is 36.9. The first-order chi connectivity index (χ1) is 25.7. The first-order valence-electron chi connectivity index (χ1n) is 19.6. The molecule has 53 heavy (non-hydrogen) atoms. The van der Waals surface area contributed by atoms with Gasteiger partial charge < -0.3 is 25.0 Å². The highest BCUT2D eigenvalue weighted by Crippen LogP contribution is 2.66. The van der Waals surface area contributed by atoms with Crippen molar-refractivity contribution in [3.63, 3.8) is 0 Å². The Balaban J connectivity index is 0.00000214. The van der Waals surface area contributed by atoms with Crippen molar-refractivity contribution in [3.05, 3.63) is 82.9 Å². The van der Waals surface area contributed by atoms with Crippen molar-refractivity contribution in [2.24, 2.45) is 23.7 Å². The smallest absolute Gasteiger partial charge is 0.417 e. The van der Waals surface area contributed by atoms with Crippen molar-refractivity contribution in [1.29, 1.82) is 0 Å². The van der Waals surface area contributed by atoms with Crippen LogP contribution in [0.4, 0.5) is 16.2 Å². The van der Waals surface area contributed by atoms with Gasteiger partial charge in [0.05, 0.1) is 11.7 Å². The van der Waals surface area contributed by atoms with Crippen molar-refractivity contribution in [2.45, 2.75) is 103 Å². The Bertz CT molecular complexity index is 1820. The van der Waals surface area contributed by atoms with Gasteiger partial charge in [0, 0.05) is 40.5 Å². The SMILES string of the molecule is CC.CCCC[C@@H](O)[C@H]1CC2[C@H]3Cc4ccc(OC(=O)Nc5ccc(C(=O)Nc6ccc(C(=O)O)cc6)cc5)c5c4[C@@]2(CCN3CC2CC2)[C@@H](O5)[C@@H]1C. The lowest BCUT2D eigenvalue weighted by atomic mass is 9.47. The standard InChI is InChI=1S/C41H47N3O7.C2H6/c1-3-4-5-33(45)30-21-31-32-20-27-12-17-34(36-35(27)41(31,37(51-36)23(30)2)18-19-44(32)22-24-6-7-24)50-40(49)43-29-13-8-25(9-14-29)38(46)42-28-15-10-26(11-16-28)39(47)48;1-2/h8-17,23-24,30-33,37,45H,3-7,18-22H2,1-2H3,(H,42,46)(H,43,49)(H,47,48);1-2H3/t23-,30+,31?,32-,33-,37+,41+;/m1./s1. The molecule has 10 heteroatoms.